The van der Waals surface area contributed by atoms with E-state index < -0.39 is 11.6 Å². The fraction of sp³-hybridized carbons (Fsp3) is 0.111. The highest BCUT2D eigenvalue weighted by molar-refractivity contribution is 5.62. The molecule has 1 heterocycles. The van der Waals surface area contributed by atoms with Crippen LogP contribution >= 0.6 is 0 Å². The number of ether oxygens (including phenoxy) is 2. The van der Waals surface area contributed by atoms with Crippen molar-refractivity contribution in [1.29, 1.82) is 0 Å². The fourth-order valence-corrected chi connectivity index (χ4v) is 2.28. The summed E-state index contributed by atoms with van der Waals surface area (Å²) < 4.78 is 37.9. The number of nitrogens with zero attached hydrogens (tertiary/aromatic N) is 2. The van der Waals surface area contributed by atoms with Crippen LogP contribution in [0.5, 0.6) is 11.5 Å². The number of nitrogens with one attached hydrogen (secondary N) is 2. The van der Waals surface area contributed by atoms with Crippen LogP contribution in [0.3, 0.4) is 0 Å². The maximum absolute atomic E-state index is 13.8. The van der Waals surface area contributed by atoms with Gasteiger partial charge in [-0.1, -0.05) is 6.07 Å². The van der Waals surface area contributed by atoms with E-state index in [1.54, 1.807) is 25.3 Å². The molecule has 3 aromatic rings. The summed E-state index contributed by atoms with van der Waals surface area (Å²) in [7, 11) is 3.08. The molecule has 0 unspecified atom stereocenters. The van der Waals surface area contributed by atoms with Crippen molar-refractivity contribution in [2.45, 2.75) is 0 Å². The number of halogens is 2. The Labute approximate surface area is 148 Å². The second kappa shape index (κ2) is 7.64. The minimum Gasteiger partial charge on any atom is -0.493 e. The Morgan fingerprint density at radius 2 is 1.62 bits per heavy atom. The molecule has 0 atom stereocenters. The normalized spacial score (nSPS) is 10.3. The molecule has 2 aromatic carbocycles. The summed E-state index contributed by atoms with van der Waals surface area (Å²) in [5, 5.41) is 5.62. The molecule has 0 spiro atoms. The molecule has 26 heavy (non-hydrogen) atoms. The minimum atomic E-state index is -0.710. The van der Waals surface area contributed by atoms with Crippen molar-refractivity contribution in [1.82, 2.24) is 9.97 Å². The molecule has 0 fully saturated rings. The number of para-hydroxylation sites is 1. The first kappa shape index (κ1) is 17.4. The Morgan fingerprint density at radius 3 is 2.31 bits per heavy atom. The number of hydrogen-bond acceptors (Lipinski definition) is 6. The number of methoxy groups -OCH3 is 2. The average molecular weight is 358 g/mol. The van der Waals surface area contributed by atoms with Gasteiger partial charge in [0.05, 0.1) is 14.2 Å². The molecule has 0 aliphatic carbocycles. The number of rotatable bonds is 6. The zero-order valence-corrected chi connectivity index (χ0v) is 14.1. The number of benzene rings is 2. The van der Waals surface area contributed by atoms with Gasteiger partial charge in [0.15, 0.2) is 11.5 Å². The Bertz CT molecular complexity index is 901. The smallest absolute Gasteiger partial charge is 0.229 e. The predicted molar refractivity (Wildman–Crippen MR) is 94.5 cm³/mol. The van der Waals surface area contributed by atoms with Gasteiger partial charge in [-0.2, -0.15) is 4.98 Å². The summed E-state index contributed by atoms with van der Waals surface area (Å²) in [5.41, 5.74) is 0.389. The van der Waals surface area contributed by atoms with E-state index in [0.29, 0.717) is 17.2 Å². The van der Waals surface area contributed by atoms with E-state index in [1.807, 2.05) is 0 Å². The lowest BCUT2D eigenvalue weighted by Crippen LogP contribution is -2.03. The molecule has 1 aromatic heterocycles. The summed E-state index contributed by atoms with van der Waals surface area (Å²) in [4.78, 5) is 8.30. The van der Waals surface area contributed by atoms with Gasteiger partial charge in [0.1, 0.15) is 23.1 Å². The van der Waals surface area contributed by atoms with Crippen molar-refractivity contribution in [2.24, 2.45) is 0 Å². The van der Waals surface area contributed by atoms with Crippen molar-refractivity contribution < 1.29 is 18.3 Å². The van der Waals surface area contributed by atoms with E-state index in [2.05, 4.69) is 20.6 Å². The summed E-state index contributed by atoms with van der Waals surface area (Å²) in [5.74, 6) is 0.201. The summed E-state index contributed by atoms with van der Waals surface area (Å²) >= 11 is 0. The van der Waals surface area contributed by atoms with Crippen LogP contribution in [0.4, 0.5) is 31.9 Å². The lowest BCUT2D eigenvalue weighted by molar-refractivity contribution is 0.355. The van der Waals surface area contributed by atoms with Crippen LogP contribution in [-0.4, -0.2) is 24.2 Å². The average Bonchev–Trinajstić information content (AvgIpc) is 2.65. The van der Waals surface area contributed by atoms with Crippen molar-refractivity contribution in [3.8, 4) is 11.5 Å². The van der Waals surface area contributed by atoms with Crippen LogP contribution in [0.1, 0.15) is 0 Å². The van der Waals surface area contributed by atoms with Crippen molar-refractivity contribution in [2.75, 3.05) is 24.9 Å². The van der Waals surface area contributed by atoms with Gasteiger partial charge in [0.25, 0.3) is 0 Å². The molecule has 8 heteroatoms. The van der Waals surface area contributed by atoms with Gasteiger partial charge < -0.3 is 20.1 Å². The zero-order valence-electron chi connectivity index (χ0n) is 14.1. The molecule has 0 bridgehead atoms. The van der Waals surface area contributed by atoms with Crippen LogP contribution in [0.2, 0.25) is 0 Å². The largest absolute Gasteiger partial charge is 0.493 e. The number of hydrogen-bond donors (Lipinski definition) is 2. The van der Waals surface area contributed by atoms with E-state index >= 15 is 0 Å². The van der Waals surface area contributed by atoms with E-state index in [-0.39, 0.29) is 17.5 Å². The minimum absolute atomic E-state index is 0.243. The second-order valence-electron chi connectivity index (χ2n) is 5.18. The molecule has 0 aliphatic rings. The van der Waals surface area contributed by atoms with Crippen molar-refractivity contribution in [3.05, 3.63) is 60.3 Å². The monoisotopic (exact) mass is 358 g/mol. The highest BCUT2D eigenvalue weighted by Crippen LogP contribution is 2.31. The predicted octanol–water partition coefficient (Wildman–Crippen LogP) is 4.26. The van der Waals surface area contributed by atoms with Crippen LogP contribution in [0.25, 0.3) is 0 Å². The summed E-state index contributed by atoms with van der Waals surface area (Å²) in [6.07, 6.45) is 1.47. The first-order valence-corrected chi connectivity index (χ1v) is 7.64. The molecule has 0 saturated carbocycles. The van der Waals surface area contributed by atoms with Gasteiger partial charge in [0.2, 0.25) is 5.95 Å². The van der Waals surface area contributed by atoms with Crippen molar-refractivity contribution >= 4 is 23.1 Å². The van der Waals surface area contributed by atoms with Crippen LogP contribution in [0.15, 0.2) is 48.7 Å². The highest BCUT2D eigenvalue weighted by Gasteiger charge is 2.10. The summed E-state index contributed by atoms with van der Waals surface area (Å²) in [6, 6.07) is 10.3. The van der Waals surface area contributed by atoms with Gasteiger partial charge in [-0.25, -0.2) is 13.8 Å². The van der Waals surface area contributed by atoms with E-state index in [0.717, 1.165) is 12.1 Å². The maximum Gasteiger partial charge on any atom is 0.229 e. The molecule has 134 valence electrons. The van der Waals surface area contributed by atoms with Gasteiger partial charge in [-0.05, 0) is 30.3 Å². The maximum atomic E-state index is 13.8. The second-order valence-corrected chi connectivity index (χ2v) is 5.18. The Morgan fingerprint density at radius 1 is 0.885 bits per heavy atom. The number of aromatic nitrogens is 2. The van der Waals surface area contributed by atoms with E-state index in [1.165, 1.54) is 25.4 Å². The SMILES string of the molecule is COc1ccc(Nc2nccc(Nc3c(F)cccc3F)n2)cc1OC. The molecule has 2 N–H and O–H groups in total. The molecular formula is C18H16F2N4O2. The molecule has 0 radical (unpaired) electrons. The van der Waals surface area contributed by atoms with E-state index in [9.17, 15) is 8.78 Å². The topological polar surface area (TPSA) is 68.3 Å². The Balaban J connectivity index is 1.82. The first-order valence-electron chi connectivity index (χ1n) is 7.64. The van der Waals surface area contributed by atoms with Gasteiger partial charge in [-0.15, -0.1) is 0 Å². The standard InChI is InChI=1S/C18H16F2N4O2/c1-25-14-7-6-11(10-15(14)26-2)22-18-21-9-8-16(24-18)23-17-12(19)4-3-5-13(17)20/h3-10H,1-2H3,(H2,21,22,23,24). The van der Waals surface area contributed by atoms with Crippen LogP contribution in [0, 0.1) is 11.6 Å². The van der Waals surface area contributed by atoms with E-state index in [4.69, 9.17) is 9.47 Å². The molecular weight excluding hydrogens is 342 g/mol. The highest BCUT2D eigenvalue weighted by atomic mass is 19.1. The zero-order chi connectivity index (χ0) is 18.5. The third-order valence-corrected chi connectivity index (χ3v) is 3.51. The molecule has 0 aliphatic heterocycles. The molecule has 6 nitrogen and oxygen atoms in total. The lowest BCUT2D eigenvalue weighted by Gasteiger charge is -2.12. The quantitative estimate of drug-likeness (QED) is 0.686. The third kappa shape index (κ3) is 3.80. The Hall–Kier alpha value is -3.42. The van der Waals surface area contributed by atoms with Crippen LogP contribution < -0.4 is 20.1 Å². The van der Waals surface area contributed by atoms with Gasteiger partial charge >= 0.3 is 0 Å². The molecule has 0 amide bonds. The lowest BCUT2D eigenvalue weighted by atomic mass is 10.2. The molecule has 0 saturated heterocycles. The van der Waals surface area contributed by atoms with Gasteiger partial charge in [-0.3, -0.25) is 0 Å². The number of anilines is 4. The van der Waals surface area contributed by atoms with Crippen LogP contribution in [-0.2, 0) is 0 Å². The fourth-order valence-electron chi connectivity index (χ4n) is 2.28. The molecule has 3 rings (SSSR count). The van der Waals surface area contributed by atoms with Gasteiger partial charge in [0, 0.05) is 18.0 Å². The summed E-state index contributed by atoms with van der Waals surface area (Å²) in [6.45, 7) is 0. The Kier molecular flexibility index (Phi) is 5.12. The third-order valence-electron chi connectivity index (χ3n) is 3.51. The first-order chi connectivity index (χ1) is 12.6. The van der Waals surface area contributed by atoms with Crippen molar-refractivity contribution in [3.63, 3.8) is 0 Å².